The van der Waals surface area contributed by atoms with Gasteiger partial charge in [0.25, 0.3) is 0 Å². The average Bonchev–Trinajstić information content (AvgIpc) is 2.33. The number of hydrogen-bond acceptors (Lipinski definition) is 4. The van der Waals surface area contributed by atoms with Gasteiger partial charge in [0.15, 0.2) is 0 Å². The second-order valence-corrected chi connectivity index (χ2v) is 4.71. The lowest BCUT2D eigenvalue weighted by atomic mass is 10.1. The summed E-state index contributed by atoms with van der Waals surface area (Å²) in [6, 6.07) is 3.91. The quantitative estimate of drug-likeness (QED) is 0.797. The second kappa shape index (κ2) is 7.43. The minimum Gasteiger partial charge on any atom is -0.490 e. The highest BCUT2D eigenvalue weighted by Crippen LogP contribution is 2.26. The van der Waals surface area contributed by atoms with Gasteiger partial charge in [-0.2, -0.15) is 0 Å². The standard InChI is InChI=1S/C14H21FO4/c1-9(2)18-7-12(17)8-19-14-6-11(15)4-5-13(14)10(3)16/h4-6,9-10,12,16-17H,7-8H2,1-3H3/t10-,12?/m0/s1. The number of aliphatic hydroxyl groups excluding tert-OH is 2. The van der Waals surface area contributed by atoms with E-state index < -0.39 is 18.0 Å². The fourth-order valence-corrected chi connectivity index (χ4v) is 1.52. The summed E-state index contributed by atoms with van der Waals surface area (Å²) in [6.07, 6.45) is -1.54. The first-order chi connectivity index (χ1) is 8.90. The maximum absolute atomic E-state index is 13.1. The topological polar surface area (TPSA) is 58.9 Å². The van der Waals surface area contributed by atoms with E-state index >= 15 is 0 Å². The Morgan fingerprint density at radius 2 is 1.84 bits per heavy atom. The van der Waals surface area contributed by atoms with Gasteiger partial charge in [-0.25, -0.2) is 4.39 Å². The van der Waals surface area contributed by atoms with Gasteiger partial charge < -0.3 is 19.7 Å². The van der Waals surface area contributed by atoms with Crippen LogP contribution in [0, 0.1) is 5.82 Å². The van der Waals surface area contributed by atoms with E-state index in [1.807, 2.05) is 13.8 Å². The third-order valence-corrected chi connectivity index (χ3v) is 2.48. The molecular weight excluding hydrogens is 251 g/mol. The van der Waals surface area contributed by atoms with Gasteiger partial charge in [0.05, 0.1) is 18.8 Å². The number of halogens is 1. The first kappa shape index (κ1) is 15.9. The zero-order valence-electron chi connectivity index (χ0n) is 11.5. The third kappa shape index (κ3) is 5.55. The SMILES string of the molecule is CC(C)OCC(O)COc1cc(F)ccc1[C@H](C)O. The maximum Gasteiger partial charge on any atom is 0.128 e. The molecule has 19 heavy (non-hydrogen) atoms. The predicted molar refractivity (Wildman–Crippen MR) is 69.6 cm³/mol. The van der Waals surface area contributed by atoms with E-state index in [1.165, 1.54) is 18.2 Å². The van der Waals surface area contributed by atoms with E-state index in [0.717, 1.165) is 0 Å². The molecule has 0 saturated heterocycles. The average molecular weight is 272 g/mol. The van der Waals surface area contributed by atoms with Gasteiger partial charge in [-0.3, -0.25) is 0 Å². The molecule has 0 saturated carbocycles. The zero-order chi connectivity index (χ0) is 14.4. The van der Waals surface area contributed by atoms with Crippen molar-refractivity contribution in [2.24, 2.45) is 0 Å². The van der Waals surface area contributed by atoms with Gasteiger partial charge in [-0.1, -0.05) is 0 Å². The molecule has 1 aromatic rings. The molecule has 0 aliphatic rings. The summed E-state index contributed by atoms with van der Waals surface area (Å²) in [7, 11) is 0. The Bertz CT molecular complexity index is 393. The summed E-state index contributed by atoms with van der Waals surface area (Å²) in [4.78, 5) is 0. The van der Waals surface area contributed by atoms with Gasteiger partial charge in [0, 0.05) is 11.6 Å². The Hall–Kier alpha value is -1.17. The lowest BCUT2D eigenvalue weighted by Crippen LogP contribution is -2.25. The van der Waals surface area contributed by atoms with Crippen LogP contribution >= 0.6 is 0 Å². The van der Waals surface area contributed by atoms with Crippen molar-refractivity contribution in [1.82, 2.24) is 0 Å². The van der Waals surface area contributed by atoms with E-state index in [1.54, 1.807) is 6.92 Å². The summed E-state index contributed by atoms with van der Waals surface area (Å²) in [5.74, 6) is -0.217. The molecule has 2 atom stereocenters. The lowest BCUT2D eigenvalue weighted by molar-refractivity contribution is -0.0127. The van der Waals surface area contributed by atoms with Crippen LogP contribution in [0.1, 0.15) is 32.4 Å². The number of ether oxygens (including phenoxy) is 2. The van der Waals surface area contributed by atoms with Gasteiger partial charge >= 0.3 is 0 Å². The molecule has 0 aromatic heterocycles. The number of rotatable bonds is 7. The second-order valence-electron chi connectivity index (χ2n) is 4.71. The van der Waals surface area contributed by atoms with Crippen molar-refractivity contribution in [2.45, 2.75) is 39.1 Å². The molecule has 0 spiro atoms. The molecule has 0 aliphatic carbocycles. The molecule has 0 fully saturated rings. The summed E-state index contributed by atoms with van der Waals surface area (Å²) in [6.45, 7) is 5.43. The highest BCUT2D eigenvalue weighted by molar-refractivity contribution is 5.35. The fourth-order valence-electron chi connectivity index (χ4n) is 1.52. The Labute approximate surface area is 112 Å². The van der Waals surface area contributed by atoms with Crippen LogP contribution in [0.5, 0.6) is 5.75 Å². The smallest absolute Gasteiger partial charge is 0.128 e. The van der Waals surface area contributed by atoms with E-state index in [9.17, 15) is 14.6 Å². The Kier molecular flexibility index (Phi) is 6.21. The van der Waals surface area contributed by atoms with Crippen LogP contribution in [-0.4, -0.2) is 35.6 Å². The molecule has 0 radical (unpaired) electrons. The summed E-state index contributed by atoms with van der Waals surface area (Å²) in [5.41, 5.74) is 0.485. The molecule has 0 amide bonds. The molecule has 1 aromatic carbocycles. The lowest BCUT2D eigenvalue weighted by Gasteiger charge is -2.17. The first-order valence-corrected chi connectivity index (χ1v) is 6.30. The van der Waals surface area contributed by atoms with Crippen molar-refractivity contribution >= 4 is 0 Å². The van der Waals surface area contributed by atoms with Crippen LogP contribution in [0.15, 0.2) is 18.2 Å². The molecular formula is C14H21FO4. The van der Waals surface area contributed by atoms with Crippen molar-refractivity contribution in [3.63, 3.8) is 0 Å². The highest BCUT2D eigenvalue weighted by Gasteiger charge is 2.13. The Morgan fingerprint density at radius 1 is 1.16 bits per heavy atom. The molecule has 0 heterocycles. The normalized spacial score (nSPS) is 14.5. The summed E-state index contributed by atoms with van der Waals surface area (Å²) < 4.78 is 23.7. The van der Waals surface area contributed by atoms with Crippen LogP contribution in [0.4, 0.5) is 4.39 Å². The largest absolute Gasteiger partial charge is 0.490 e. The van der Waals surface area contributed by atoms with Crippen LogP contribution in [0.2, 0.25) is 0 Å². The van der Waals surface area contributed by atoms with Gasteiger partial charge in [-0.15, -0.1) is 0 Å². The van der Waals surface area contributed by atoms with Gasteiger partial charge in [-0.05, 0) is 32.9 Å². The molecule has 2 N–H and O–H groups in total. The monoisotopic (exact) mass is 272 g/mol. The van der Waals surface area contributed by atoms with Crippen molar-refractivity contribution in [3.8, 4) is 5.75 Å². The molecule has 5 heteroatoms. The third-order valence-electron chi connectivity index (χ3n) is 2.48. The molecule has 108 valence electrons. The van der Waals surface area contributed by atoms with Crippen LogP contribution < -0.4 is 4.74 Å². The Balaban J connectivity index is 2.59. The van der Waals surface area contributed by atoms with E-state index in [0.29, 0.717) is 5.56 Å². The minimum atomic E-state index is -0.799. The zero-order valence-corrected chi connectivity index (χ0v) is 11.5. The molecule has 0 bridgehead atoms. The predicted octanol–water partition coefficient (Wildman–Crippen LogP) is 2.04. The van der Waals surface area contributed by atoms with Crippen molar-refractivity contribution in [1.29, 1.82) is 0 Å². The fraction of sp³-hybridized carbons (Fsp3) is 0.571. The number of hydrogen-bond donors (Lipinski definition) is 2. The molecule has 4 nitrogen and oxygen atoms in total. The molecule has 0 aliphatic heterocycles. The van der Waals surface area contributed by atoms with Crippen LogP contribution in [-0.2, 0) is 4.74 Å². The van der Waals surface area contributed by atoms with Crippen LogP contribution in [0.25, 0.3) is 0 Å². The first-order valence-electron chi connectivity index (χ1n) is 6.30. The van der Waals surface area contributed by atoms with Crippen LogP contribution in [0.3, 0.4) is 0 Å². The number of benzene rings is 1. The van der Waals surface area contributed by atoms with E-state index in [4.69, 9.17) is 9.47 Å². The summed E-state index contributed by atoms with van der Waals surface area (Å²) >= 11 is 0. The molecule has 1 rings (SSSR count). The van der Waals surface area contributed by atoms with Crippen molar-refractivity contribution in [3.05, 3.63) is 29.6 Å². The molecule has 1 unspecified atom stereocenters. The number of aliphatic hydroxyl groups is 2. The van der Waals surface area contributed by atoms with Crippen molar-refractivity contribution in [2.75, 3.05) is 13.2 Å². The van der Waals surface area contributed by atoms with E-state index in [2.05, 4.69) is 0 Å². The maximum atomic E-state index is 13.1. The van der Waals surface area contributed by atoms with Crippen molar-refractivity contribution < 1.29 is 24.1 Å². The highest BCUT2D eigenvalue weighted by atomic mass is 19.1. The Morgan fingerprint density at radius 3 is 2.42 bits per heavy atom. The van der Waals surface area contributed by atoms with Gasteiger partial charge in [0.2, 0.25) is 0 Å². The van der Waals surface area contributed by atoms with Gasteiger partial charge in [0.1, 0.15) is 24.3 Å². The summed E-state index contributed by atoms with van der Waals surface area (Å²) in [5, 5.41) is 19.2. The van der Waals surface area contributed by atoms with E-state index in [-0.39, 0.29) is 25.1 Å². The minimum absolute atomic E-state index is 0.0180.